The summed E-state index contributed by atoms with van der Waals surface area (Å²) in [7, 11) is 1.72. The number of aromatic nitrogens is 4. The topological polar surface area (TPSA) is 114 Å². The van der Waals surface area contributed by atoms with Crippen LogP contribution < -0.4 is 20.5 Å². The Kier molecular flexibility index (Phi) is 6.56. The number of anilines is 1. The number of nitrogens with two attached hydrogens (primary N) is 1. The number of ether oxygens (including phenoxy) is 2. The lowest BCUT2D eigenvalue weighted by Crippen LogP contribution is -2.58. The molecule has 4 heterocycles. The number of hydrogen-bond acceptors (Lipinski definition) is 8. The summed E-state index contributed by atoms with van der Waals surface area (Å²) < 4.78 is 11.5. The summed E-state index contributed by atoms with van der Waals surface area (Å²) in [5, 5.41) is 10.9. The van der Waals surface area contributed by atoms with Crippen molar-refractivity contribution in [2.45, 2.75) is 45.6 Å². The van der Waals surface area contributed by atoms with Crippen molar-refractivity contribution in [3.63, 3.8) is 0 Å². The van der Waals surface area contributed by atoms with E-state index in [2.05, 4.69) is 55.5 Å². The molecule has 2 aliphatic heterocycles. The number of likely N-dealkylation sites (tertiary alicyclic amines) is 1. The number of fused-ring (bicyclic) bond motifs is 1. The van der Waals surface area contributed by atoms with Crippen LogP contribution in [0.15, 0.2) is 18.2 Å². The second kappa shape index (κ2) is 9.76. The van der Waals surface area contributed by atoms with Crippen molar-refractivity contribution in [1.29, 1.82) is 0 Å². The standard InChI is InChI=1S/C25H35N7O2/c1-3-4-11-34-24-28-21-19(30-31-22(21)23(26)29-24)13-18-6-5-17(12-20(18)33-2)14-32-9-7-25(8-10-32)15-27-16-25/h5-6,12,27H,3-4,7-11,13-16H2,1-2H3,(H,30,31)(H2,26,28,29). The Balaban J connectivity index is 1.30. The van der Waals surface area contributed by atoms with Crippen LogP contribution in [0.5, 0.6) is 11.8 Å². The fourth-order valence-corrected chi connectivity index (χ4v) is 4.94. The number of nitrogen functional groups attached to an aromatic ring is 1. The molecular weight excluding hydrogens is 430 g/mol. The molecule has 3 aromatic rings. The summed E-state index contributed by atoms with van der Waals surface area (Å²) in [5.41, 5.74) is 11.2. The SMILES string of the molecule is CCCCOc1nc(N)c2[nH]nc(Cc3ccc(CN4CCC5(CC4)CNC5)cc3OC)c2n1. The van der Waals surface area contributed by atoms with Crippen LogP contribution in [0, 0.1) is 5.41 Å². The summed E-state index contributed by atoms with van der Waals surface area (Å²) in [6, 6.07) is 6.79. The number of nitrogens with one attached hydrogen (secondary N) is 2. The Morgan fingerprint density at radius 3 is 2.71 bits per heavy atom. The fraction of sp³-hybridized carbons (Fsp3) is 0.560. The van der Waals surface area contributed by atoms with Crippen molar-refractivity contribution >= 4 is 16.9 Å². The second-order valence-electron chi connectivity index (χ2n) is 9.69. The van der Waals surface area contributed by atoms with Gasteiger partial charge in [0, 0.05) is 31.6 Å². The summed E-state index contributed by atoms with van der Waals surface area (Å²) in [6.45, 7) is 8.33. The van der Waals surface area contributed by atoms with Crippen LogP contribution in [0.4, 0.5) is 5.82 Å². The molecule has 0 amide bonds. The fourth-order valence-electron chi connectivity index (χ4n) is 4.94. The van der Waals surface area contributed by atoms with Crippen molar-refractivity contribution in [3.05, 3.63) is 35.0 Å². The first kappa shape index (κ1) is 22.9. The number of H-pyrrole nitrogens is 1. The monoisotopic (exact) mass is 465 g/mol. The van der Waals surface area contributed by atoms with Gasteiger partial charge in [-0.2, -0.15) is 15.1 Å². The number of benzene rings is 1. The van der Waals surface area contributed by atoms with Crippen LogP contribution >= 0.6 is 0 Å². The number of piperidine rings is 1. The maximum absolute atomic E-state index is 6.13. The van der Waals surface area contributed by atoms with Crippen LogP contribution in [0.2, 0.25) is 0 Å². The van der Waals surface area contributed by atoms with E-state index in [0.717, 1.165) is 49.5 Å². The highest BCUT2D eigenvalue weighted by molar-refractivity contribution is 5.86. The number of hydrogen-bond donors (Lipinski definition) is 3. The van der Waals surface area contributed by atoms with E-state index in [4.69, 9.17) is 15.2 Å². The summed E-state index contributed by atoms with van der Waals surface area (Å²) in [4.78, 5) is 11.4. The lowest BCUT2D eigenvalue weighted by molar-refractivity contribution is 0.0520. The van der Waals surface area contributed by atoms with E-state index >= 15 is 0 Å². The predicted octanol–water partition coefficient (Wildman–Crippen LogP) is 2.90. The Hall–Kier alpha value is -2.91. The third kappa shape index (κ3) is 4.67. The van der Waals surface area contributed by atoms with Gasteiger partial charge in [-0.25, -0.2) is 0 Å². The van der Waals surface area contributed by atoms with Gasteiger partial charge in [0.2, 0.25) is 0 Å². The molecule has 0 bridgehead atoms. The van der Waals surface area contributed by atoms with Gasteiger partial charge in [-0.15, -0.1) is 0 Å². The molecule has 0 radical (unpaired) electrons. The average Bonchev–Trinajstić information content (AvgIpc) is 3.23. The summed E-state index contributed by atoms with van der Waals surface area (Å²) in [5.74, 6) is 1.21. The molecule has 2 saturated heterocycles. The quantitative estimate of drug-likeness (QED) is 0.413. The molecule has 34 heavy (non-hydrogen) atoms. The van der Waals surface area contributed by atoms with Gasteiger partial charge in [0.15, 0.2) is 5.82 Å². The van der Waals surface area contributed by atoms with Gasteiger partial charge in [0.1, 0.15) is 16.8 Å². The van der Waals surface area contributed by atoms with E-state index in [1.54, 1.807) is 7.11 Å². The van der Waals surface area contributed by atoms with E-state index in [9.17, 15) is 0 Å². The minimum absolute atomic E-state index is 0.296. The van der Waals surface area contributed by atoms with E-state index in [-0.39, 0.29) is 0 Å². The van der Waals surface area contributed by atoms with Gasteiger partial charge < -0.3 is 20.5 Å². The minimum atomic E-state index is 0.296. The van der Waals surface area contributed by atoms with Gasteiger partial charge in [-0.05, 0) is 49.4 Å². The normalized spacial score (nSPS) is 17.7. The molecule has 1 spiro atoms. The number of methoxy groups -OCH3 is 1. The highest BCUT2D eigenvalue weighted by Crippen LogP contribution is 2.35. The molecule has 0 saturated carbocycles. The first-order valence-electron chi connectivity index (χ1n) is 12.3. The summed E-state index contributed by atoms with van der Waals surface area (Å²) >= 11 is 0. The van der Waals surface area contributed by atoms with Crippen molar-refractivity contribution in [1.82, 2.24) is 30.4 Å². The predicted molar refractivity (Wildman–Crippen MR) is 132 cm³/mol. The first-order chi connectivity index (χ1) is 16.6. The Labute approximate surface area is 200 Å². The highest BCUT2D eigenvalue weighted by Gasteiger charge is 2.39. The van der Waals surface area contributed by atoms with Gasteiger partial charge in [0.25, 0.3) is 0 Å². The maximum Gasteiger partial charge on any atom is 0.319 e. The second-order valence-corrected chi connectivity index (χ2v) is 9.69. The largest absolute Gasteiger partial charge is 0.496 e. The number of unbranched alkanes of at least 4 members (excludes halogenated alkanes) is 1. The van der Waals surface area contributed by atoms with Crippen LogP contribution in [0.3, 0.4) is 0 Å². The van der Waals surface area contributed by atoms with Gasteiger partial charge in [0.05, 0.1) is 19.4 Å². The maximum atomic E-state index is 6.13. The number of aromatic amines is 1. The molecule has 0 unspecified atom stereocenters. The van der Waals surface area contributed by atoms with Crippen molar-refractivity contribution in [2.75, 3.05) is 45.6 Å². The molecular formula is C25H35N7O2. The zero-order valence-corrected chi connectivity index (χ0v) is 20.2. The molecule has 0 aliphatic carbocycles. The van der Waals surface area contributed by atoms with Crippen molar-refractivity contribution < 1.29 is 9.47 Å². The summed E-state index contributed by atoms with van der Waals surface area (Å²) in [6.07, 6.45) is 5.14. The Bertz CT molecular complexity index is 1130. The molecule has 2 aromatic heterocycles. The van der Waals surface area contributed by atoms with Crippen LogP contribution in [0.1, 0.15) is 49.4 Å². The molecule has 182 valence electrons. The molecule has 9 heteroatoms. The molecule has 4 N–H and O–H groups in total. The van der Waals surface area contributed by atoms with Crippen molar-refractivity contribution in [3.8, 4) is 11.8 Å². The molecule has 2 aliphatic rings. The lowest BCUT2D eigenvalue weighted by atomic mass is 9.73. The van der Waals surface area contributed by atoms with E-state index in [1.165, 1.54) is 31.5 Å². The van der Waals surface area contributed by atoms with E-state index in [0.29, 0.717) is 41.3 Å². The Morgan fingerprint density at radius 1 is 1.18 bits per heavy atom. The van der Waals surface area contributed by atoms with Crippen LogP contribution in [0.25, 0.3) is 11.0 Å². The van der Waals surface area contributed by atoms with Gasteiger partial charge in [-0.1, -0.05) is 25.5 Å². The third-order valence-electron chi connectivity index (χ3n) is 7.25. The Morgan fingerprint density at radius 2 is 2.00 bits per heavy atom. The first-order valence-corrected chi connectivity index (χ1v) is 12.3. The third-order valence-corrected chi connectivity index (χ3v) is 7.25. The lowest BCUT2D eigenvalue weighted by Gasteiger charge is -2.48. The van der Waals surface area contributed by atoms with Gasteiger partial charge >= 0.3 is 6.01 Å². The van der Waals surface area contributed by atoms with E-state index < -0.39 is 0 Å². The van der Waals surface area contributed by atoms with Crippen molar-refractivity contribution in [2.24, 2.45) is 5.41 Å². The van der Waals surface area contributed by atoms with Gasteiger partial charge in [-0.3, -0.25) is 10.00 Å². The number of nitrogens with zero attached hydrogens (tertiary/aromatic N) is 4. The van der Waals surface area contributed by atoms with E-state index in [1.807, 2.05) is 0 Å². The minimum Gasteiger partial charge on any atom is -0.496 e. The molecule has 1 aromatic carbocycles. The number of rotatable bonds is 9. The molecule has 2 fully saturated rings. The van der Waals surface area contributed by atoms with Crippen LogP contribution in [-0.4, -0.2) is 65.0 Å². The average molecular weight is 466 g/mol. The molecule has 9 nitrogen and oxygen atoms in total. The zero-order chi connectivity index (χ0) is 23.5. The molecule has 5 rings (SSSR count). The zero-order valence-electron chi connectivity index (χ0n) is 20.2. The molecule has 0 atom stereocenters. The smallest absolute Gasteiger partial charge is 0.319 e. The highest BCUT2D eigenvalue weighted by atomic mass is 16.5. The van der Waals surface area contributed by atoms with Crippen LogP contribution in [-0.2, 0) is 13.0 Å².